The van der Waals surface area contributed by atoms with Crippen molar-refractivity contribution in [2.24, 2.45) is 11.8 Å². The second-order valence-corrected chi connectivity index (χ2v) is 11.9. The first-order valence-electron chi connectivity index (χ1n) is 13.8. The average molecular weight is 487 g/mol. The normalized spacial score (nSPS) is 22.3. The lowest BCUT2D eigenvalue weighted by Gasteiger charge is -2.29. The fraction of sp³-hybridized carbons (Fsp3) is 0.562. The molecule has 2 aromatic carbocycles. The lowest BCUT2D eigenvalue weighted by molar-refractivity contribution is 0.0292. The Morgan fingerprint density at radius 2 is 1.53 bits per heavy atom. The van der Waals surface area contributed by atoms with Crippen LogP contribution in [0.25, 0.3) is 0 Å². The number of nitrogens with zero attached hydrogens (tertiary/aromatic N) is 2. The predicted molar refractivity (Wildman–Crippen MR) is 145 cm³/mol. The number of likely N-dealkylation sites (tertiary alicyclic amines) is 1. The zero-order valence-corrected chi connectivity index (χ0v) is 22.3. The molecule has 0 bridgehead atoms. The monoisotopic (exact) mass is 486 g/mol. The molecule has 0 radical (unpaired) electrons. The third kappa shape index (κ3) is 7.60. The molecule has 4 rings (SSSR count). The molecule has 0 N–H and O–H groups in total. The van der Waals surface area contributed by atoms with E-state index in [4.69, 9.17) is 10.00 Å². The molecule has 2 fully saturated rings. The Morgan fingerprint density at radius 1 is 0.944 bits per heavy atom. The molecule has 3 atom stereocenters. The molecule has 4 heteroatoms. The number of ether oxygens (including phenoxy) is 1. The van der Waals surface area contributed by atoms with E-state index in [1.807, 2.05) is 37.8 Å². The second kappa shape index (κ2) is 12.0. The molecule has 0 spiro atoms. The van der Waals surface area contributed by atoms with Crippen LogP contribution in [0.5, 0.6) is 0 Å². The third-order valence-electron chi connectivity index (χ3n) is 7.95. The molecule has 1 saturated heterocycles. The molecule has 2 aliphatic rings. The first-order chi connectivity index (χ1) is 17.3. The highest BCUT2D eigenvalue weighted by molar-refractivity contribution is 5.68. The lowest BCUT2D eigenvalue weighted by Crippen LogP contribution is -2.35. The number of carbonyl (C=O) groups is 1. The summed E-state index contributed by atoms with van der Waals surface area (Å²) in [6.07, 6.45) is 11.1. The number of hydrogen-bond acceptors (Lipinski definition) is 3. The van der Waals surface area contributed by atoms with Crippen molar-refractivity contribution < 1.29 is 9.53 Å². The van der Waals surface area contributed by atoms with Crippen LogP contribution in [0.2, 0.25) is 0 Å². The van der Waals surface area contributed by atoms with Gasteiger partial charge in [-0.05, 0) is 100.0 Å². The molecule has 192 valence electrons. The van der Waals surface area contributed by atoms with Gasteiger partial charge in [0.25, 0.3) is 0 Å². The zero-order chi connectivity index (χ0) is 25.5. The van der Waals surface area contributed by atoms with E-state index in [0.717, 1.165) is 49.8 Å². The van der Waals surface area contributed by atoms with Gasteiger partial charge in [0, 0.05) is 19.0 Å². The van der Waals surface area contributed by atoms with Gasteiger partial charge in [-0.15, -0.1) is 0 Å². The summed E-state index contributed by atoms with van der Waals surface area (Å²) >= 11 is 0. The van der Waals surface area contributed by atoms with Gasteiger partial charge in [0.15, 0.2) is 0 Å². The fourth-order valence-corrected chi connectivity index (χ4v) is 5.90. The first kappa shape index (κ1) is 26.3. The summed E-state index contributed by atoms with van der Waals surface area (Å²) in [5, 5.41) is 8.98. The van der Waals surface area contributed by atoms with E-state index in [0.29, 0.717) is 5.92 Å². The topological polar surface area (TPSA) is 53.3 Å². The van der Waals surface area contributed by atoms with E-state index in [1.165, 1.54) is 55.2 Å². The van der Waals surface area contributed by atoms with Crippen LogP contribution in [0.15, 0.2) is 48.5 Å². The molecule has 1 saturated carbocycles. The molecule has 1 heterocycles. The molecule has 0 aromatic heterocycles. The summed E-state index contributed by atoms with van der Waals surface area (Å²) in [6, 6.07) is 19.5. The smallest absolute Gasteiger partial charge is 0.410 e. The summed E-state index contributed by atoms with van der Waals surface area (Å²) in [6.45, 7) is 7.28. The number of carbonyl (C=O) groups excluding carboxylic acids is 1. The summed E-state index contributed by atoms with van der Waals surface area (Å²) in [4.78, 5) is 14.2. The quantitative estimate of drug-likeness (QED) is 0.404. The van der Waals surface area contributed by atoms with Gasteiger partial charge in [-0.3, -0.25) is 0 Å². The van der Waals surface area contributed by atoms with E-state index in [-0.39, 0.29) is 6.09 Å². The summed E-state index contributed by atoms with van der Waals surface area (Å²) < 4.78 is 5.54. The minimum Gasteiger partial charge on any atom is -0.444 e. The van der Waals surface area contributed by atoms with Crippen LogP contribution in [-0.2, 0) is 17.6 Å². The van der Waals surface area contributed by atoms with Crippen molar-refractivity contribution in [3.8, 4) is 6.07 Å². The van der Waals surface area contributed by atoms with Gasteiger partial charge in [-0.1, -0.05) is 55.7 Å². The van der Waals surface area contributed by atoms with Gasteiger partial charge in [-0.2, -0.15) is 5.26 Å². The van der Waals surface area contributed by atoms with Crippen LogP contribution in [0.3, 0.4) is 0 Å². The molecule has 1 amide bonds. The molecular formula is C32H42N2O2. The van der Waals surface area contributed by atoms with Crippen molar-refractivity contribution >= 4 is 6.09 Å². The van der Waals surface area contributed by atoms with Crippen LogP contribution in [0, 0.1) is 23.2 Å². The number of amides is 1. The predicted octanol–water partition coefficient (Wildman–Crippen LogP) is 7.65. The second-order valence-electron chi connectivity index (χ2n) is 11.9. The Morgan fingerprint density at radius 3 is 2.08 bits per heavy atom. The number of aryl methyl sites for hydroxylation is 2. The maximum absolute atomic E-state index is 12.4. The van der Waals surface area contributed by atoms with Gasteiger partial charge in [0.2, 0.25) is 0 Å². The van der Waals surface area contributed by atoms with Gasteiger partial charge >= 0.3 is 6.09 Å². The Hall–Kier alpha value is -2.80. The molecule has 1 aliphatic carbocycles. The molecule has 1 unspecified atom stereocenters. The number of benzene rings is 2. The summed E-state index contributed by atoms with van der Waals surface area (Å²) in [7, 11) is 0. The first-order valence-corrected chi connectivity index (χ1v) is 13.8. The fourth-order valence-electron chi connectivity index (χ4n) is 5.90. The highest BCUT2D eigenvalue weighted by atomic mass is 16.6. The third-order valence-corrected chi connectivity index (χ3v) is 7.95. The van der Waals surface area contributed by atoms with Crippen molar-refractivity contribution in [2.75, 3.05) is 13.1 Å². The van der Waals surface area contributed by atoms with Crippen LogP contribution in [0.1, 0.15) is 93.9 Å². The highest BCUT2D eigenvalue weighted by Gasteiger charge is 2.30. The lowest BCUT2D eigenvalue weighted by atomic mass is 9.77. The van der Waals surface area contributed by atoms with Crippen LogP contribution in [0.4, 0.5) is 4.79 Å². The molecule has 36 heavy (non-hydrogen) atoms. The SMILES string of the molecule is CC(C)(C)OC(=O)N1CCC(c2ccc(CC[C@H]3CCC[C@@H](CCc4ccc(C#N)cc4)C3)cc2)C1. The van der Waals surface area contributed by atoms with Gasteiger partial charge < -0.3 is 9.64 Å². The number of nitriles is 1. The Labute approximate surface area is 217 Å². The molecule has 2 aromatic rings. The minimum atomic E-state index is -0.444. The zero-order valence-electron chi connectivity index (χ0n) is 22.3. The van der Waals surface area contributed by atoms with Crippen molar-refractivity contribution in [2.45, 2.75) is 90.1 Å². The maximum atomic E-state index is 12.4. The van der Waals surface area contributed by atoms with Crippen molar-refractivity contribution in [1.82, 2.24) is 4.90 Å². The largest absolute Gasteiger partial charge is 0.444 e. The standard InChI is InChI=1S/C32H42N2O2/c1-32(2,3)36-31(35)34-20-19-30(23-34)29-17-15-25(16-18-29)8-12-27-6-4-5-26(21-27)11-7-24-9-13-28(22-33)14-10-24/h9-10,13-18,26-27,30H,4-8,11-12,19-21,23H2,1-3H3/t26-,27+,30?/m0/s1. The molecule has 4 nitrogen and oxygen atoms in total. The van der Waals surface area contributed by atoms with Crippen LogP contribution >= 0.6 is 0 Å². The van der Waals surface area contributed by atoms with E-state index in [1.54, 1.807) is 0 Å². The Bertz CT molecular complexity index is 1030. The van der Waals surface area contributed by atoms with E-state index in [2.05, 4.69) is 42.5 Å². The molecule has 1 aliphatic heterocycles. The summed E-state index contributed by atoms with van der Waals surface area (Å²) in [5.74, 6) is 2.07. The molecular weight excluding hydrogens is 444 g/mol. The Kier molecular flexibility index (Phi) is 8.72. The van der Waals surface area contributed by atoms with Crippen molar-refractivity contribution in [3.63, 3.8) is 0 Å². The average Bonchev–Trinajstić information content (AvgIpc) is 3.37. The highest BCUT2D eigenvalue weighted by Crippen LogP contribution is 2.35. The number of rotatable bonds is 7. The van der Waals surface area contributed by atoms with Gasteiger partial charge in [-0.25, -0.2) is 4.79 Å². The van der Waals surface area contributed by atoms with E-state index in [9.17, 15) is 4.79 Å². The van der Waals surface area contributed by atoms with Crippen molar-refractivity contribution in [1.29, 1.82) is 5.26 Å². The minimum absolute atomic E-state index is 0.190. The van der Waals surface area contributed by atoms with Crippen LogP contribution in [-0.4, -0.2) is 29.7 Å². The van der Waals surface area contributed by atoms with Crippen LogP contribution < -0.4 is 0 Å². The Balaban J connectivity index is 1.20. The van der Waals surface area contributed by atoms with E-state index >= 15 is 0 Å². The number of hydrogen-bond donors (Lipinski definition) is 0. The maximum Gasteiger partial charge on any atom is 0.410 e. The summed E-state index contributed by atoms with van der Waals surface area (Å²) in [5.41, 5.74) is 4.43. The van der Waals surface area contributed by atoms with E-state index < -0.39 is 5.60 Å². The van der Waals surface area contributed by atoms with Gasteiger partial charge in [0.05, 0.1) is 11.6 Å². The van der Waals surface area contributed by atoms with Gasteiger partial charge in [0.1, 0.15) is 5.60 Å². The van der Waals surface area contributed by atoms with Crippen molar-refractivity contribution in [3.05, 3.63) is 70.8 Å².